The summed E-state index contributed by atoms with van der Waals surface area (Å²) in [6.07, 6.45) is 0. The van der Waals surface area contributed by atoms with Crippen molar-refractivity contribution in [2.24, 2.45) is 0 Å². The van der Waals surface area contributed by atoms with Crippen LogP contribution in [0.25, 0.3) is 21.9 Å². The fraction of sp³-hybridized carbons (Fsp3) is 0. The number of hydrogen-bond donors (Lipinski definition) is 0. The summed E-state index contributed by atoms with van der Waals surface area (Å²) in [5, 5.41) is 1.24. The average molecular weight is 248 g/mol. The minimum absolute atomic E-state index is 0.0284. The molecule has 0 aliphatic heterocycles. The van der Waals surface area contributed by atoms with Crippen molar-refractivity contribution in [1.82, 2.24) is 0 Å². The number of rotatable bonds is 0. The second-order valence-corrected chi connectivity index (χ2v) is 4.70. The molecule has 0 amide bonds. The standard InChI is InChI=1S/C17H9FO/c18-15-9-8-11-10-4-1-2-5-12(10)17(19)14-7-3-6-13(15)16(11)14/h1-9H. The summed E-state index contributed by atoms with van der Waals surface area (Å²) in [6, 6.07) is 15.9. The molecule has 0 fully saturated rings. The van der Waals surface area contributed by atoms with Gasteiger partial charge in [0.05, 0.1) is 0 Å². The molecule has 3 aromatic carbocycles. The second kappa shape index (κ2) is 3.51. The SMILES string of the molecule is O=C1c2ccccc2-c2ccc(F)c3cccc1c23. The summed E-state index contributed by atoms with van der Waals surface area (Å²) >= 11 is 0. The Morgan fingerprint density at radius 3 is 2.26 bits per heavy atom. The van der Waals surface area contributed by atoms with Gasteiger partial charge in [0.25, 0.3) is 0 Å². The Bertz CT molecular complexity index is 849. The van der Waals surface area contributed by atoms with Crippen LogP contribution in [0.4, 0.5) is 4.39 Å². The lowest BCUT2D eigenvalue weighted by molar-refractivity contribution is 0.104. The molecule has 4 rings (SSSR count). The van der Waals surface area contributed by atoms with Gasteiger partial charge in [0, 0.05) is 21.9 Å². The normalized spacial score (nSPS) is 12.6. The maximum absolute atomic E-state index is 13.9. The first-order valence-corrected chi connectivity index (χ1v) is 6.13. The van der Waals surface area contributed by atoms with Gasteiger partial charge in [-0.15, -0.1) is 0 Å². The van der Waals surface area contributed by atoms with E-state index in [9.17, 15) is 9.18 Å². The van der Waals surface area contributed by atoms with Crippen LogP contribution in [-0.4, -0.2) is 5.78 Å². The van der Waals surface area contributed by atoms with Gasteiger partial charge in [0.2, 0.25) is 0 Å². The third kappa shape index (κ3) is 1.26. The highest BCUT2D eigenvalue weighted by molar-refractivity contribution is 6.25. The predicted molar refractivity (Wildman–Crippen MR) is 72.8 cm³/mol. The highest BCUT2D eigenvalue weighted by Gasteiger charge is 2.25. The summed E-state index contributed by atoms with van der Waals surface area (Å²) in [5.74, 6) is -0.313. The highest BCUT2D eigenvalue weighted by atomic mass is 19.1. The first-order valence-electron chi connectivity index (χ1n) is 6.13. The van der Waals surface area contributed by atoms with Gasteiger partial charge in [-0.3, -0.25) is 4.79 Å². The summed E-state index contributed by atoms with van der Waals surface area (Å²) in [6.45, 7) is 0. The fourth-order valence-electron chi connectivity index (χ4n) is 2.85. The van der Waals surface area contributed by atoms with Crippen LogP contribution in [-0.2, 0) is 0 Å². The Balaban J connectivity index is 2.28. The molecular weight excluding hydrogens is 239 g/mol. The van der Waals surface area contributed by atoms with Gasteiger partial charge >= 0.3 is 0 Å². The minimum atomic E-state index is -0.284. The molecule has 19 heavy (non-hydrogen) atoms. The monoisotopic (exact) mass is 248 g/mol. The number of fused-ring (bicyclic) bond motifs is 2. The lowest BCUT2D eigenvalue weighted by Gasteiger charge is -2.19. The Hall–Kier alpha value is -2.48. The molecule has 0 unspecified atom stereocenters. The molecule has 0 saturated heterocycles. The largest absolute Gasteiger partial charge is 0.289 e. The topological polar surface area (TPSA) is 17.1 Å². The summed E-state index contributed by atoms with van der Waals surface area (Å²) in [7, 11) is 0. The van der Waals surface area contributed by atoms with E-state index in [0.29, 0.717) is 16.5 Å². The highest BCUT2D eigenvalue weighted by Crippen LogP contribution is 2.39. The molecule has 90 valence electrons. The summed E-state index contributed by atoms with van der Waals surface area (Å²) < 4.78 is 13.9. The van der Waals surface area contributed by atoms with Crippen molar-refractivity contribution < 1.29 is 9.18 Å². The van der Waals surface area contributed by atoms with Crippen LogP contribution in [0.3, 0.4) is 0 Å². The molecular formula is C17H9FO. The zero-order chi connectivity index (χ0) is 13.0. The number of halogens is 1. The third-order valence-corrected chi connectivity index (χ3v) is 3.69. The number of benzene rings is 3. The van der Waals surface area contributed by atoms with Crippen LogP contribution in [0.1, 0.15) is 15.9 Å². The lowest BCUT2D eigenvalue weighted by Crippen LogP contribution is -2.09. The predicted octanol–water partition coefficient (Wildman–Crippen LogP) is 4.19. The maximum Gasteiger partial charge on any atom is 0.194 e. The zero-order valence-corrected chi connectivity index (χ0v) is 9.98. The molecule has 1 aliphatic carbocycles. The van der Waals surface area contributed by atoms with Crippen LogP contribution in [0.15, 0.2) is 54.6 Å². The number of carbonyl (C=O) groups excluding carboxylic acids is 1. The molecule has 0 N–H and O–H groups in total. The van der Waals surface area contributed by atoms with Gasteiger partial charge < -0.3 is 0 Å². The maximum atomic E-state index is 13.9. The third-order valence-electron chi connectivity index (χ3n) is 3.69. The van der Waals surface area contributed by atoms with Crippen molar-refractivity contribution in [2.75, 3.05) is 0 Å². The van der Waals surface area contributed by atoms with Gasteiger partial charge in [-0.1, -0.05) is 48.5 Å². The molecule has 0 radical (unpaired) electrons. The molecule has 0 spiro atoms. The molecule has 0 aromatic heterocycles. The van der Waals surface area contributed by atoms with Gasteiger partial charge in [0.15, 0.2) is 5.78 Å². The molecule has 0 saturated carbocycles. The molecule has 0 atom stereocenters. The van der Waals surface area contributed by atoms with Gasteiger partial charge in [-0.05, 0) is 17.2 Å². The molecule has 1 nitrogen and oxygen atoms in total. The van der Waals surface area contributed by atoms with Gasteiger partial charge in [0.1, 0.15) is 5.82 Å². The van der Waals surface area contributed by atoms with E-state index >= 15 is 0 Å². The molecule has 1 aliphatic rings. The van der Waals surface area contributed by atoms with E-state index in [0.717, 1.165) is 16.5 Å². The summed E-state index contributed by atoms with van der Waals surface area (Å²) in [4.78, 5) is 12.5. The molecule has 2 heteroatoms. The molecule has 3 aromatic rings. The Labute approximate surface area is 109 Å². The Kier molecular flexibility index (Phi) is 1.93. The summed E-state index contributed by atoms with van der Waals surface area (Å²) in [5.41, 5.74) is 3.10. The van der Waals surface area contributed by atoms with E-state index in [2.05, 4.69) is 0 Å². The smallest absolute Gasteiger partial charge is 0.194 e. The number of hydrogen-bond acceptors (Lipinski definition) is 1. The number of carbonyl (C=O) groups is 1. The van der Waals surface area contributed by atoms with E-state index in [1.54, 1.807) is 24.3 Å². The van der Waals surface area contributed by atoms with Crippen molar-refractivity contribution in [2.45, 2.75) is 0 Å². The van der Waals surface area contributed by atoms with E-state index in [4.69, 9.17) is 0 Å². The lowest BCUT2D eigenvalue weighted by atomic mass is 9.83. The minimum Gasteiger partial charge on any atom is -0.289 e. The zero-order valence-electron chi connectivity index (χ0n) is 9.98. The number of ketones is 1. The van der Waals surface area contributed by atoms with Gasteiger partial charge in [-0.2, -0.15) is 0 Å². The average Bonchev–Trinajstić information content (AvgIpc) is 2.46. The van der Waals surface area contributed by atoms with E-state index in [-0.39, 0.29) is 11.6 Å². The molecule has 0 bridgehead atoms. The first-order chi connectivity index (χ1) is 9.27. The Morgan fingerprint density at radius 2 is 1.42 bits per heavy atom. The van der Waals surface area contributed by atoms with Crippen LogP contribution < -0.4 is 0 Å². The van der Waals surface area contributed by atoms with Crippen molar-refractivity contribution in [1.29, 1.82) is 0 Å². The first kappa shape index (κ1) is 10.4. The van der Waals surface area contributed by atoms with Crippen molar-refractivity contribution in [3.8, 4) is 11.1 Å². The van der Waals surface area contributed by atoms with E-state index in [1.165, 1.54) is 6.07 Å². The van der Waals surface area contributed by atoms with Crippen molar-refractivity contribution in [3.05, 3.63) is 71.5 Å². The quantitative estimate of drug-likeness (QED) is 0.456. The van der Waals surface area contributed by atoms with Crippen LogP contribution in [0.2, 0.25) is 0 Å². The second-order valence-electron chi connectivity index (χ2n) is 4.70. The fourth-order valence-corrected chi connectivity index (χ4v) is 2.85. The van der Waals surface area contributed by atoms with Crippen LogP contribution in [0, 0.1) is 5.82 Å². The van der Waals surface area contributed by atoms with E-state index < -0.39 is 0 Å². The van der Waals surface area contributed by atoms with Gasteiger partial charge in [-0.25, -0.2) is 4.39 Å². The van der Waals surface area contributed by atoms with Crippen LogP contribution in [0.5, 0.6) is 0 Å². The van der Waals surface area contributed by atoms with Crippen molar-refractivity contribution >= 4 is 16.6 Å². The van der Waals surface area contributed by atoms with E-state index in [1.807, 2.05) is 24.3 Å². The molecule has 0 heterocycles. The Morgan fingerprint density at radius 1 is 0.684 bits per heavy atom. The van der Waals surface area contributed by atoms with Crippen molar-refractivity contribution in [3.63, 3.8) is 0 Å². The van der Waals surface area contributed by atoms with Crippen LogP contribution >= 0.6 is 0 Å².